The molecule has 20 heavy (non-hydrogen) atoms. The molecule has 0 fully saturated rings. The third kappa shape index (κ3) is 3.44. The van der Waals surface area contributed by atoms with Crippen LogP contribution in [0.2, 0.25) is 5.15 Å². The van der Waals surface area contributed by atoms with Gasteiger partial charge in [-0.3, -0.25) is 0 Å². The molecule has 0 aliphatic carbocycles. The van der Waals surface area contributed by atoms with Crippen molar-refractivity contribution in [1.29, 1.82) is 0 Å². The van der Waals surface area contributed by atoms with E-state index in [-0.39, 0.29) is 6.04 Å². The van der Waals surface area contributed by atoms with Gasteiger partial charge in [0.25, 0.3) is 0 Å². The smallest absolute Gasteiger partial charge is 0.152 e. The number of ether oxygens (including phenoxy) is 1. The summed E-state index contributed by atoms with van der Waals surface area (Å²) in [6.07, 6.45) is 2.58. The topological polar surface area (TPSA) is 34.2 Å². The van der Waals surface area contributed by atoms with Crippen molar-refractivity contribution < 1.29 is 4.74 Å². The van der Waals surface area contributed by atoms with Crippen LogP contribution in [-0.4, -0.2) is 12.1 Å². The third-order valence-corrected chi connectivity index (χ3v) is 3.79. The molecule has 0 saturated heterocycles. The second-order valence-corrected chi connectivity index (χ2v) is 5.61. The Morgan fingerprint density at radius 3 is 2.85 bits per heavy atom. The van der Waals surface area contributed by atoms with E-state index in [2.05, 4.69) is 39.2 Å². The highest BCUT2D eigenvalue weighted by Gasteiger charge is 2.15. The molecule has 1 heterocycles. The first-order valence-electron chi connectivity index (χ1n) is 6.36. The van der Waals surface area contributed by atoms with Crippen molar-refractivity contribution in [1.82, 2.24) is 4.98 Å². The Kier molecular flexibility index (Phi) is 5.26. The van der Waals surface area contributed by atoms with Crippen LogP contribution in [0, 0.1) is 0 Å². The fourth-order valence-electron chi connectivity index (χ4n) is 2.07. The van der Waals surface area contributed by atoms with E-state index >= 15 is 0 Å². The Labute approximate surface area is 132 Å². The predicted octanol–water partition coefficient (Wildman–Crippen LogP) is 5.07. The SMILES string of the molecule is CCC(Nc1cc(Br)cnc1Cl)c1ccccc1OC. The van der Waals surface area contributed by atoms with Gasteiger partial charge in [-0.2, -0.15) is 0 Å². The van der Waals surface area contributed by atoms with Crippen molar-refractivity contribution in [3.05, 3.63) is 51.7 Å². The summed E-state index contributed by atoms with van der Waals surface area (Å²) in [6, 6.07) is 10.0. The second-order valence-electron chi connectivity index (χ2n) is 4.34. The molecule has 1 unspecified atom stereocenters. The number of hydrogen-bond acceptors (Lipinski definition) is 3. The van der Waals surface area contributed by atoms with Crippen LogP contribution in [0.25, 0.3) is 0 Å². The van der Waals surface area contributed by atoms with Crippen LogP contribution in [-0.2, 0) is 0 Å². The quantitative estimate of drug-likeness (QED) is 0.760. The first-order valence-corrected chi connectivity index (χ1v) is 7.53. The van der Waals surface area contributed by atoms with Crippen LogP contribution < -0.4 is 10.1 Å². The Bertz CT molecular complexity index is 592. The predicted molar refractivity (Wildman–Crippen MR) is 86.6 cm³/mol. The summed E-state index contributed by atoms with van der Waals surface area (Å²) < 4.78 is 6.31. The van der Waals surface area contributed by atoms with Crippen molar-refractivity contribution in [2.24, 2.45) is 0 Å². The van der Waals surface area contributed by atoms with Gasteiger partial charge >= 0.3 is 0 Å². The minimum Gasteiger partial charge on any atom is -0.496 e. The number of methoxy groups -OCH3 is 1. The van der Waals surface area contributed by atoms with Crippen LogP contribution in [0.4, 0.5) is 5.69 Å². The van der Waals surface area contributed by atoms with Gasteiger partial charge in [-0.15, -0.1) is 0 Å². The largest absolute Gasteiger partial charge is 0.496 e. The highest BCUT2D eigenvalue weighted by atomic mass is 79.9. The molecule has 0 radical (unpaired) electrons. The zero-order valence-corrected chi connectivity index (χ0v) is 13.7. The maximum atomic E-state index is 6.13. The molecule has 0 aliphatic heterocycles. The molecule has 0 bridgehead atoms. The van der Waals surface area contributed by atoms with E-state index in [0.29, 0.717) is 5.15 Å². The number of benzene rings is 1. The third-order valence-electron chi connectivity index (χ3n) is 3.06. The first kappa shape index (κ1) is 15.1. The van der Waals surface area contributed by atoms with Crippen LogP contribution >= 0.6 is 27.5 Å². The lowest BCUT2D eigenvalue weighted by Crippen LogP contribution is -2.11. The van der Waals surface area contributed by atoms with E-state index in [1.807, 2.05) is 24.3 Å². The number of pyridine rings is 1. The van der Waals surface area contributed by atoms with Gasteiger partial charge in [-0.1, -0.05) is 36.7 Å². The average Bonchev–Trinajstić information content (AvgIpc) is 2.48. The maximum absolute atomic E-state index is 6.13. The Hall–Kier alpha value is -1.26. The summed E-state index contributed by atoms with van der Waals surface area (Å²) in [4.78, 5) is 4.13. The lowest BCUT2D eigenvalue weighted by Gasteiger charge is -2.21. The molecule has 0 amide bonds. The number of rotatable bonds is 5. The van der Waals surface area contributed by atoms with Crippen molar-refractivity contribution >= 4 is 33.2 Å². The second kappa shape index (κ2) is 6.95. The summed E-state index contributed by atoms with van der Waals surface area (Å²) in [5.41, 5.74) is 1.91. The fraction of sp³-hybridized carbons (Fsp3) is 0.267. The molecule has 5 heteroatoms. The van der Waals surface area contributed by atoms with Gasteiger partial charge in [0.15, 0.2) is 5.15 Å². The molecule has 2 rings (SSSR count). The molecular formula is C15H16BrClN2O. The molecule has 0 aliphatic rings. The maximum Gasteiger partial charge on any atom is 0.152 e. The van der Waals surface area contributed by atoms with Gasteiger partial charge in [-0.05, 0) is 34.5 Å². The van der Waals surface area contributed by atoms with E-state index in [0.717, 1.165) is 27.9 Å². The summed E-state index contributed by atoms with van der Waals surface area (Å²) >= 11 is 9.54. The molecule has 1 atom stereocenters. The molecule has 0 spiro atoms. The summed E-state index contributed by atoms with van der Waals surface area (Å²) in [5, 5.41) is 3.88. The molecule has 106 valence electrons. The highest BCUT2D eigenvalue weighted by molar-refractivity contribution is 9.10. The highest BCUT2D eigenvalue weighted by Crippen LogP contribution is 2.32. The van der Waals surface area contributed by atoms with E-state index in [1.54, 1.807) is 13.3 Å². The van der Waals surface area contributed by atoms with Crippen molar-refractivity contribution in [2.75, 3.05) is 12.4 Å². The van der Waals surface area contributed by atoms with E-state index in [1.165, 1.54) is 0 Å². The molecule has 0 saturated carbocycles. The number of nitrogens with zero attached hydrogens (tertiary/aromatic N) is 1. The van der Waals surface area contributed by atoms with Crippen LogP contribution in [0.15, 0.2) is 41.0 Å². The van der Waals surface area contributed by atoms with Crippen molar-refractivity contribution in [2.45, 2.75) is 19.4 Å². The Morgan fingerprint density at radius 2 is 2.15 bits per heavy atom. The summed E-state index contributed by atoms with van der Waals surface area (Å²) in [7, 11) is 1.68. The van der Waals surface area contributed by atoms with Gasteiger partial charge in [0.05, 0.1) is 18.8 Å². The minimum absolute atomic E-state index is 0.111. The van der Waals surface area contributed by atoms with E-state index < -0.39 is 0 Å². The van der Waals surface area contributed by atoms with Gasteiger partial charge in [0.2, 0.25) is 0 Å². The van der Waals surface area contributed by atoms with Crippen molar-refractivity contribution in [3.63, 3.8) is 0 Å². The zero-order chi connectivity index (χ0) is 14.5. The number of para-hydroxylation sites is 1. The van der Waals surface area contributed by atoms with Gasteiger partial charge < -0.3 is 10.1 Å². The Balaban J connectivity index is 2.31. The zero-order valence-electron chi connectivity index (χ0n) is 11.4. The van der Waals surface area contributed by atoms with Gasteiger partial charge in [0, 0.05) is 16.2 Å². The van der Waals surface area contributed by atoms with E-state index in [9.17, 15) is 0 Å². The lowest BCUT2D eigenvalue weighted by molar-refractivity contribution is 0.406. The Morgan fingerprint density at radius 1 is 1.40 bits per heavy atom. The summed E-state index contributed by atoms with van der Waals surface area (Å²) in [5.74, 6) is 0.867. The number of anilines is 1. The number of halogens is 2. The molecule has 1 aromatic heterocycles. The number of aromatic nitrogens is 1. The van der Waals surface area contributed by atoms with E-state index in [4.69, 9.17) is 16.3 Å². The first-order chi connectivity index (χ1) is 9.65. The monoisotopic (exact) mass is 354 g/mol. The summed E-state index contributed by atoms with van der Waals surface area (Å²) in [6.45, 7) is 2.11. The fourth-order valence-corrected chi connectivity index (χ4v) is 2.55. The van der Waals surface area contributed by atoms with Crippen LogP contribution in [0.3, 0.4) is 0 Å². The molecule has 1 aromatic carbocycles. The van der Waals surface area contributed by atoms with Crippen LogP contribution in [0.5, 0.6) is 5.75 Å². The molecule has 1 N–H and O–H groups in total. The minimum atomic E-state index is 0.111. The molecule has 3 nitrogen and oxygen atoms in total. The normalized spacial score (nSPS) is 12.0. The molecular weight excluding hydrogens is 340 g/mol. The lowest BCUT2D eigenvalue weighted by atomic mass is 10.0. The van der Waals surface area contributed by atoms with Crippen LogP contribution in [0.1, 0.15) is 24.9 Å². The van der Waals surface area contributed by atoms with Crippen molar-refractivity contribution in [3.8, 4) is 5.75 Å². The standard InChI is InChI=1S/C15H16BrClN2O/c1-3-12(11-6-4-5-7-14(11)20-2)19-13-8-10(16)9-18-15(13)17/h4-9,12,19H,3H2,1-2H3. The van der Waals surface area contributed by atoms with Gasteiger partial charge in [0.1, 0.15) is 5.75 Å². The number of hydrogen-bond donors (Lipinski definition) is 1. The number of nitrogens with one attached hydrogen (secondary N) is 1. The molecule has 2 aromatic rings. The average molecular weight is 356 g/mol. The van der Waals surface area contributed by atoms with Gasteiger partial charge in [-0.25, -0.2) is 4.98 Å².